The summed E-state index contributed by atoms with van der Waals surface area (Å²) in [5.41, 5.74) is 0.801. The van der Waals surface area contributed by atoms with Crippen molar-refractivity contribution in [3.63, 3.8) is 0 Å². The molecule has 10 nitrogen and oxygen atoms in total. The van der Waals surface area contributed by atoms with Crippen LogP contribution in [0.2, 0.25) is 10.0 Å². The topological polar surface area (TPSA) is 110 Å². The Morgan fingerprint density at radius 1 is 0.711 bits per heavy atom. The van der Waals surface area contributed by atoms with Crippen LogP contribution >= 0.6 is 23.2 Å². The Bertz CT molecular complexity index is 1650. The number of nitrogens with zero attached hydrogens (tertiary/aromatic N) is 1. The molecule has 0 N–H and O–H groups in total. The Morgan fingerprint density at radius 3 is 1.82 bits per heavy atom. The van der Waals surface area contributed by atoms with E-state index in [9.17, 15) is 14.4 Å². The van der Waals surface area contributed by atoms with Crippen LogP contribution in [0.15, 0.2) is 78.9 Å². The van der Waals surface area contributed by atoms with Gasteiger partial charge in [-0.3, -0.25) is 14.5 Å². The highest BCUT2D eigenvalue weighted by Crippen LogP contribution is 2.41. The van der Waals surface area contributed by atoms with Crippen LogP contribution in [0.4, 0.5) is 10.5 Å². The van der Waals surface area contributed by atoms with Crippen LogP contribution in [0.3, 0.4) is 0 Å². The van der Waals surface area contributed by atoms with Crippen molar-refractivity contribution in [1.29, 1.82) is 0 Å². The highest BCUT2D eigenvalue weighted by molar-refractivity contribution is 6.37. The van der Waals surface area contributed by atoms with E-state index >= 15 is 0 Å². The number of benzene rings is 4. The van der Waals surface area contributed by atoms with Crippen LogP contribution < -0.4 is 28.6 Å². The number of hydrogen-bond acceptors (Lipinski definition) is 9. The summed E-state index contributed by atoms with van der Waals surface area (Å²) in [5, 5.41) is 0.0323. The molecule has 0 atom stereocenters. The van der Waals surface area contributed by atoms with Crippen molar-refractivity contribution in [3.05, 3.63) is 100 Å². The third kappa shape index (κ3) is 8.17. The van der Waals surface area contributed by atoms with Gasteiger partial charge in [-0.15, -0.1) is 0 Å². The Kier molecular flexibility index (Phi) is 11.1. The maximum absolute atomic E-state index is 13.3. The standard InChI is InChI=1S/C33H29Cl2NO9/c1-5-43-30(37)19-36(33(39)45-24-12-10-23(41-3)11-13-24)21-16-27(34)32(28(35)17-21)44-25-14-15-29(42-4)26(18-25)31(38)20-6-8-22(40-2)9-7-20/h6-18H,5,19H2,1-4H3. The molecule has 0 radical (unpaired) electrons. The molecular formula is C33H29Cl2NO9. The number of rotatable bonds is 12. The number of carbonyl (C=O) groups excluding carboxylic acids is 3. The molecule has 1 amide bonds. The van der Waals surface area contributed by atoms with E-state index in [2.05, 4.69) is 0 Å². The fourth-order valence-corrected chi connectivity index (χ4v) is 4.69. The second kappa shape index (κ2) is 15.2. The number of hydrogen-bond donors (Lipinski definition) is 0. The molecule has 0 saturated carbocycles. The summed E-state index contributed by atoms with van der Waals surface area (Å²) in [6, 6.07) is 20.4. The molecule has 0 aliphatic carbocycles. The van der Waals surface area contributed by atoms with Gasteiger partial charge in [-0.2, -0.15) is 0 Å². The largest absolute Gasteiger partial charge is 0.497 e. The molecule has 0 fully saturated rings. The van der Waals surface area contributed by atoms with E-state index in [-0.39, 0.29) is 50.9 Å². The van der Waals surface area contributed by atoms with Crippen LogP contribution in [0.1, 0.15) is 22.8 Å². The summed E-state index contributed by atoms with van der Waals surface area (Å²) in [4.78, 5) is 40.0. The van der Waals surface area contributed by atoms with Gasteiger partial charge in [0.05, 0.1) is 49.2 Å². The van der Waals surface area contributed by atoms with Gasteiger partial charge in [0.15, 0.2) is 11.5 Å². The van der Waals surface area contributed by atoms with Gasteiger partial charge in [0, 0.05) is 5.56 Å². The summed E-state index contributed by atoms with van der Waals surface area (Å²) in [5.74, 6) is 1.04. The zero-order valence-electron chi connectivity index (χ0n) is 24.8. The molecule has 0 heterocycles. The lowest BCUT2D eigenvalue weighted by Crippen LogP contribution is -2.38. The monoisotopic (exact) mass is 653 g/mol. The molecule has 12 heteroatoms. The molecule has 234 valence electrons. The fraction of sp³-hybridized carbons (Fsp3) is 0.182. The molecule has 0 saturated heterocycles. The molecule has 0 spiro atoms. The molecule has 0 aromatic heterocycles. The summed E-state index contributed by atoms with van der Waals surface area (Å²) < 4.78 is 32.2. The van der Waals surface area contributed by atoms with Gasteiger partial charge in [0.2, 0.25) is 0 Å². The van der Waals surface area contributed by atoms with E-state index in [1.807, 2.05) is 0 Å². The highest BCUT2D eigenvalue weighted by Gasteiger charge is 2.25. The van der Waals surface area contributed by atoms with E-state index < -0.39 is 18.6 Å². The number of ketones is 1. The predicted molar refractivity (Wildman–Crippen MR) is 169 cm³/mol. The lowest BCUT2D eigenvalue weighted by Gasteiger charge is -2.22. The van der Waals surface area contributed by atoms with E-state index in [1.54, 1.807) is 67.6 Å². The van der Waals surface area contributed by atoms with E-state index in [0.29, 0.717) is 22.8 Å². The summed E-state index contributed by atoms with van der Waals surface area (Å²) in [6.45, 7) is 1.28. The Morgan fingerprint density at radius 2 is 1.27 bits per heavy atom. The van der Waals surface area contributed by atoms with Gasteiger partial charge in [-0.05, 0) is 85.8 Å². The Hall–Kier alpha value is -4.93. The second-order valence-electron chi connectivity index (χ2n) is 9.19. The molecule has 0 unspecified atom stereocenters. The molecule has 4 aromatic carbocycles. The van der Waals surface area contributed by atoms with Crippen LogP contribution in [0.5, 0.6) is 34.5 Å². The summed E-state index contributed by atoms with van der Waals surface area (Å²) >= 11 is 13.2. The van der Waals surface area contributed by atoms with E-state index in [4.69, 9.17) is 51.6 Å². The van der Waals surface area contributed by atoms with Crippen LogP contribution in [-0.4, -0.2) is 52.3 Å². The van der Waals surface area contributed by atoms with Crippen molar-refractivity contribution >= 4 is 46.7 Å². The van der Waals surface area contributed by atoms with Gasteiger partial charge in [0.25, 0.3) is 0 Å². The fourth-order valence-electron chi connectivity index (χ4n) is 4.14. The van der Waals surface area contributed by atoms with Gasteiger partial charge in [-0.1, -0.05) is 23.2 Å². The van der Waals surface area contributed by atoms with Crippen LogP contribution in [-0.2, 0) is 9.53 Å². The van der Waals surface area contributed by atoms with Gasteiger partial charge in [0.1, 0.15) is 35.3 Å². The van der Waals surface area contributed by atoms with Crippen molar-refractivity contribution in [3.8, 4) is 34.5 Å². The first-order valence-corrected chi connectivity index (χ1v) is 14.3. The van der Waals surface area contributed by atoms with Crippen molar-refractivity contribution in [1.82, 2.24) is 0 Å². The SMILES string of the molecule is CCOC(=O)CN(C(=O)Oc1ccc(OC)cc1)c1cc(Cl)c(Oc2ccc(OC)c(C(=O)c3ccc(OC)cc3)c2)c(Cl)c1. The van der Waals surface area contributed by atoms with Crippen molar-refractivity contribution < 1.29 is 42.8 Å². The molecule has 0 aliphatic rings. The Balaban J connectivity index is 1.62. The Labute approximate surface area is 269 Å². The first kappa shape index (κ1) is 33.0. The number of esters is 1. The van der Waals surface area contributed by atoms with Crippen LogP contribution in [0, 0.1) is 0 Å². The van der Waals surface area contributed by atoms with E-state index in [1.165, 1.54) is 39.5 Å². The average Bonchev–Trinajstić information content (AvgIpc) is 3.05. The summed E-state index contributed by atoms with van der Waals surface area (Å²) in [7, 11) is 4.50. The van der Waals surface area contributed by atoms with E-state index in [0.717, 1.165) is 4.90 Å². The molecule has 4 rings (SSSR count). The quantitative estimate of drug-likeness (QED) is 0.113. The van der Waals surface area contributed by atoms with Gasteiger partial charge in [-0.25, -0.2) is 4.79 Å². The maximum atomic E-state index is 13.3. The average molecular weight is 654 g/mol. The lowest BCUT2D eigenvalue weighted by molar-refractivity contribution is -0.141. The summed E-state index contributed by atoms with van der Waals surface area (Å²) in [6.07, 6.45) is -0.883. The first-order valence-electron chi connectivity index (χ1n) is 13.5. The molecule has 0 aliphatic heterocycles. The molecule has 45 heavy (non-hydrogen) atoms. The molecular weight excluding hydrogens is 625 g/mol. The third-order valence-corrected chi connectivity index (χ3v) is 6.92. The van der Waals surface area contributed by atoms with Gasteiger partial charge < -0.3 is 28.4 Å². The number of methoxy groups -OCH3 is 3. The number of halogens is 2. The minimum Gasteiger partial charge on any atom is -0.497 e. The maximum Gasteiger partial charge on any atom is 0.420 e. The van der Waals surface area contributed by atoms with Crippen molar-refractivity contribution in [2.24, 2.45) is 0 Å². The number of anilines is 1. The van der Waals surface area contributed by atoms with Gasteiger partial charge >= 0.3 is 12.1 Å². The zero-order chi connectivity index (χ0) is 32.5. The number of carbonyl (C=O) groups is 3. The molecule has 0 bridgehead atoms. The first-order chi connectivity index (χ1) is 21.7. The lowest BCUT2D eigenvalue weighted by atomic mass is 10.0. The van der Waals surface area contributed by atoms with Crippen LogP contribution in [0.25, 0.3) is 0 Å². The number of amides is 1. The normalized spacial score (nSPS) is 10.4. The van der Waals surface area contributed by atoms with Crippen molar-refractivity contribution in [2.45, 2.75) is 6.92 Å². The number of ether oxygens (including phenoxy) is 6. The second-order valence-corrected chi connectivity index (χ2v) is 10.0. The third-order valence-electron chi connectivity index (χ3n) is 6.36. The predicted octanol–water partition coefficient (Wildman–Crippen LogP) is 7.61. The smallest absolute Gasteiger partial charge is 0.420 e. The minimum atomic E-state index is -0.883. The molecule has 4 aromatic rings. The zero-order valence-corrected chi connectivity index (χ0v) is 26.3. The van der Waals surface area contributed by atoms with Crippen molar-refractivity contribution in [2.75, 3.05) is 39.4 Å². The highest BCUT2D eigenvalue weighted by atomic mass is 35.5. The minimum absolute atomic E-state index is 0.0162.